The van der Waals surface area contributed by atoms with E-state index in [1.165, 1.54) is 6.07 Å². The second kappa shape index (κ2) is 6.92. The molecule has 1 amide bonds. The number of pyridine rings is 1. The summed E-state index contributed by atoms with van der Waals surface area (Å²) in [6.45, 7) is 0.396. The Balaban J connectivity index is 1.59. The van der Waals surface area contributed by atoms with Crippen LogP contribution in [0.5, 0.6) is 0 Å². The van der Waals surface area contributed by atoms with Crippen LogP contribution in [0.15, 0.2) is 77.9 Å². The predicted molar refractivity (Wildman–Crippen MR) is 104 cm³/mol. The normalized spacial score (nSPS) is 10.9. The van der Waals surface area contributed by atoms with E-state index in [1.54, 1.807) is 28.9 Å². The summed E-state index contributed by atoms with van der Waals surface area (Å²) < 4.78 is 1.77. The molecule has 0 bridgehead atoms. The highest BCUT2D eigenvalue weighted by Gasteiger charge is 2.17. The van der Waals surface area contributed by atoms with Crippen LogP contribution in [-0.4, -0.2) is 32.6 Å². The predicted octanol–water partition coefficient (Wildman–Crippen LogP) is 2.99. The van der Waals surface area contributed by atoms with E-state index in [1.807, 2.05) is 54.7 Å². The van der Waals surface area contributed by atoms with Gasteiger partial charge in [0.1, 0.15) is 0 Å². The fraction of sp³-hybridized carbons (Fsp3) is 0.0952. The average Bonchev–Trinajstić information content (AvgIpc) is 3.16. The van der Waals surface area contributed by atoms with Gasteiger partial charge in [0.2, 0.25) is 5.56 Å². The van der Waals surface area contributed by atoms with Crippen molar-refractivity contribution in [2.75, 3.05) is 7.05 Å². The summed E-state index contributed by atoms with van der Waals surface area (Å²) in [5.41, 5.74) is 2.62. The van der Waals surface area contributed by atoms with Crippen molar-refractivity contribution in [2.24, 2.45) is 0 Å². The van der Waals surface area contributed by atoms with Gasteiger partial charge in [-0.2, -0.15) is 5.10 Å². The molecule has 0 saturated heterocycles. The highest BCUT2D eigenvalue weighted by atomic mass is 16.2. The lowest BCUT2D eigenvalue weighted by molar-refractivity contribution is 0.0787. The number of hydrogen-bond donors (Lipinski definition) is 1. The van der Waals surface area contributed by atoms with E-state index in [4.69, 9.17) is 0 Å². The van der Waals surface area contributed by atoms with E-state index in [9.17, 15) is 9.59 Å². The lowest BCUT2D eigenvalue weighted by Gasteiger charge is -2.17. The summed E-state index contributed by atoms with van der Waals surface area (Å²) in [7, 11) is 1.72. The molecule has 0 fully saturated rings. The van der Waals surface area contributed by atoms with E-state index < -0.39 is 0 Å². The minimum Gasteiger partial charge on any atom is -0.337 e. The highest BCUT2D eigenvalue weighted by Crippen LogP contribution is 2.17. The molecule has 27 heavy (non-hydrogen) atoms. The third kappa shape index (κ3) is 3.37. The van der Waals surface area contributed by atoms with Crippen LogP contribution in [0.4, 0.5) is 0 Å². The van der Waals surface area contributed by atoms with Gasteiger partial charge in [-0.25, -0.2) is 4.68 Å². The molecule has 6 heteroatoms. The first-order chi connectivity index (χ1) is 13.1. The van der Waals surface area contributed by atoms with Gasteiger partial charge in [0, 0.05) is 42.3 Å². The molecule has 0 aliphatic carbocycles. The van der Waals surface area contributed by atoms with E-state index in [0.29, 0.717) is 17.6 Å². The Hall–Kier alpha value is -3.67. The van der Waals surface area contributed by atoms with Crippen molar-refractivity contribution in [3.63, 3.8) is 0 Å². The summed E-state index contributed by atoms with van der Waals surface area (Å²) in [5.74, 6) is -0.204. The van der Waals surface area contributed by atoms with Crippen LogP contribution in [0.25, 0.3) is 16.6 Å². The monoisotopic (exact) mass is 358 g/mol. The number of amides is 1. The topological polar surface area (TPSA) is 71.0 Å². The maximum absolute atomic E-state index is 12.9. The summed E-state index contributed by atoms with van der Waals surface area (Å²) >= 11 is 0. The quantitative estimate of drug-likeness (QED) is 0.610. The number of carbonyl (C=O) groups is 1. The zero-order valence-corrected chi connectivity index (χ0v) is 14.8. The second-order valence-corrected chi connectivity index (χ2v) is 6.38. The van der Waals surface area contributed by atoms with E-state index in [2.05, 4.69) is 10.1 Å². The molecular formula is C21H18N4O2. The third-order valence-electron chi connectivity index (χ3n) is 4.40. The smallest absolute Gasteiger partial charge is 0.254 e. The van der Waals surface area contributed by atoms with Crippen molar-refractivity contribution in [3.05, 3.63) is 94.5 Å². The molecule has 2 heterocycles. The minimum atomic E-state index is -0.289. The Morgan fingerprint density at radius 2 is 1.85 bits per heavy atom. The van der Waals surface area contributed by atoms with Crippen molar-refractivity contribution in [1.82, 2.24) is 19.7 Å². The minimum absolute atomic E-state index is 0.204. The second-order valence-electron chi connectivity index (χ2n) is 6.38. The first-order valence-corrected chi connectivity index (χ1v) is 8.58. The summed E-state index contributed by atoms with van der Waals surface area (Å²) in [6.07, 6.45) is 3.64. The van der Waals surface area contributed by atoms with Crippen LogP contribution >= 0.6 is 0 Å². The van der Waals surface area contributed by atoms with Crippen LogP contribution in [-0.2, 0) is 6.54 Å². The molecule has 0 saturated carbocycles. The van der Waals surface area contributed by atoms with Crippen LogP contribution in [0.2, 0.25) is 0 Å². The molecular weight excluding hydrogens is 340 g/mol. The van der Waals surface area contributed by atoms with Gasteiger partial charge in [-0.05, 0) is 18.2 Å². The molecule has 0 spiro atoms. The van der Waals surface area contributed by atoms with Gasteiger partial charge >= 0.3 is 0 Å². The van der Waals surface area contributed by atoms with E-state index in [0.717, 1.165) is 16.6 Å². The largest absolute Gasteiger partial charge is 0.337 e. The van der Waals surface area contributed by atoms with E-state index in [-0.39, 0.29) is 11.5 Å². The zero-order valence-electron chi connectivity index (χ0n) is 14.8. The fourth-order valence-electron chi connectivity index (χ4n) is 3.10. The van der Waals surface area contributed by atoms with Crippen LogP contribution < -0.4 is 5.56 Å². The molecule has 2 aromatic carbocycles. The zero-order chi connectivity index (χ0) is 18.8. The molecule has 134 valence electrons. The van der Waals surface area contributed by atoms with Gasteiger partial charge in [0.05, 0.1) is 17.4 Å². The molecule has 6 nitrogen and oxygen atoms in total. The number of fused-ring (bicyclic) bond motifs is 1. The van der Waals surface area contributed by atoms with Crippen molar-refractivity contribution in [3.8, 4) is 5.69 Å². The van der Waals surface area contributed by atoms with E-state index >= 15 is 0 Å². The number of para-hydroxylation sites is 2. The maximum atomic E-state index is 12.9. The molecule has 1 N–H and O–H groups in total. The van der Waals surface area contributed by atoms with Crippen molar-refractivity contribution in [1.29, 1.82) is 0 Å². The Morgan fingerprint density at radius 1 is 1.11 bits per heavy atom. The molecule has 0 aliphatic heterocycles. The Labute approximate surface area is 155 Å². The molecule has 2 aromatic heterocycles. The fourth-order valence-corrected chi connectivity index (χ4v) is 3.10. The van der Waals surface area contributed by atoms with Crippen molar-refractivity contribution in [2.45, 2.75) is 6.54 Å². The van der Waals surface area contributed by atoms with Crippen LogP contribution in [0.3, 0.4) is 0 Å². The number of hydrogen-bond acceptors (Lipinski definition) is 3. The number of H-pyrrole nitrogens is 1. The number of rotatable bonds is 4. The van der Waals surface area contributed by atoms with Gasteiger partial charge in [-0.1, -0.05) is 36.4 Å². The number of aromatic nitrogens is 3. The molecule has 0 aliphatic rings. The number of nitrogens with zero attached hydrogens (tertiary/aromatic N) is 3. The summed E-state index contributed by atoms with van der Waals surface area (Å²) in [4.78, 5) is 29.2. The van der Waals surface area contributed by atoms with Crippen molar-refractivity contribution >= 4 is 16.8 Å². The number of aromatic amines is 1. The summed E-state index contributed by atoms with van der Waals surface area (Å²) in [5, 5.41) is 5.09. The van der Waals surface area contributed by atoms with Gasteiger partial charge in [0.25, 0.3) is 5.91 Å². The third-order valence-corrected chi connectivity index (χ3v) is 4.40. The van der Waals surface area contributed by atoms with Crippen LogP contribution in [0, 0.1) is 0 Å². The maximum Gasteiger partial charge on any atom is 0.254 e. The number of nitrogens with one attached hydrogen (secondary N) is 1. The van der Waals surface area contributed by atoms with Gasteiger partial charge in [-0.15, -0.1) is 0 Å². The molecule has 0 unspecified atom stereocenters. The SMILES string of the molecule is CN(Cc1cnn(-c2ccccc2)c1)C(=O)c1cc(=O)[nH]c2ccccc12. The average molecular weight is 358 g/mol. The summed E-state index contributed by atoms with van der Waals surface area (Å²) in [6, 6.07) is 18.4. The highest BCUT2D eigenvalue weighted by molar-refractivity contribution is 6.05. The standard InChI is InChI=1S/C21H18N4O2/c1-24(13-15-12-22-25(14-15)16-7-3-2-4-8-16)21(27)18-11-20(26)23-19-10-6-5-9-17(18)19/h2-12,14H,13H2,1H3,(H,23,26). The van der Waals surface area contributed by atoms with Crippen molar-refractivity contribution < 1.29 is 4.79 Å². The van der Waals surface area contributed by atoms with Crippen LogP contribution in [0.1, 0.15) is 15.9 Å². The molecule has 0 atom stereocenters. The molecule has 0 radical (unpaired) electrons. The Kier molecular flexibility index (Phi) is 4.30. The molecule has 4 rings (SSSR count). The number of carbonyl (C=O) groups excluding carboxylic acids is 1. The van der Waals surface area contributed by atoms with Gasteiger partial charge in [-0.3, -0.25) is 9.59 Å². The molecule has 4 aromatic rings. The Bertz CT molecular complexity index is 1160. The van der Waals surface area contributed by atoms with Gasteiger partial charge in [0.15, 0.2) is 0 Å². The first-order valence-electron chi connectivity index (χ1n) is 8.58. The number of benzene rings is 2. The lowest BCUT2D eigenvalue weighted by atomic mass is 10.1. The first kappa shape index (κ1) is 16.8. The van der Waals surface area contributed by atoms with Gasteiger partial charge < -0.3 is 9.88 Å². The Morgan fingerprint density at radius 3 is 2.67 bits per heavy atom. The lowest BCUT2D eigenvalue weighted by Crippen LogP contribution is -2.27.